The molecule has 4 nitrogen and oxygen atoms in total. The number of alkyl halides is 3. The maximum Gasteiger partial charge on any atom is 0.416 e. The normalized spacial score (nSPS) is 24.4. The van der Waals surface area contributed by atoms with E-state index in [2.05, 4.69) is 17.1 Å². The average molecular weight is 445 g/mol. The van der Waals surface area contributed by atoms with Gasteiger partial charge in [0, 0.05) is 6.54 Å². The summed E-state index contributed by atoms with van der Waals surface area (Å²) in [6.07, 6.45) is 7.90. The van der Waals surface area contributed by atoms with Gasteiger partial charge >= 0.3 is 6.18 Å². The third kappa shape index (κ3) is 6.56. The van der Waals surface area contributed by atoms with Gasteiger partial charge in [-0.05, 0) is 93.6 Å². The lowest BCUT2D eigenvalue weighted by molar-refractivity contribution is -0.137. The van der Waals surface area contributed by atoms with Gasteiger partial charge in [-0.15, -0.1) is 0 Å². The number of primary sulfonamides is 1. The summed E-state index contributed by atoms with van der Waals surface area (Å²) < 4.78 is 62.9. The van der Waals surface area contributed by atoms with Crippen molar-refractivity contribution in [1.82, 2.24) is 4.90 Å². The van der Waals surface area contributed by atoms with E-state index in [0.717, 1.165) is 50.4 Å². The van der Waals surface area contributed by atoms with Gasteiger partial charge in [-0.1, -0.05) is 18.6 Å². The van der Waals surface area contributed by atoms with Crippen LogP contribution in [0.5, 0.6) is 0 Å². The zero-order chi connectivity index (χ0) is 21.8. The summed E-state index contributed by atoms with van der Waals surface area (Å²) in [5, 5.41) is 5.24. The molecule has 1 saturated carbocycles. The van der Waals surface area contributed by atoms with Crippen LogP contribution in [0.15, 0.2) is 35.2 Å². The molecule has 3 rings (SSSR count). The van der Waals surface area contributed by atoms with E-state index in [1.54, 1.807) is 0 Å². The molecule has 0 amide bonds. The van der Waals surface area contributed by atoms with E-state index >= 15 is 0 Å². The highest BCUT2D eigenvalue weighted by Crippen LogP contribution is 2.36. The zero-order valence-corrected chi connectivity index (χ0v) is 18.0. The number of likely N-dealkylation sites (tertiary alicyclic amines) is 1. The number of rotatable bonds is 6. The van der Waals surface area contributed by atoms with E-state index < -0.39 is 21.8 Å². The first-order valence-electron chi connectivity index (χ1n) is 10.7. The van der Waals surface area contributed by atoms with E-state index in [1.165, 1.54) is 32.4 Å². The summed E-state index contributed by atoms with van der Waals surface area (Å²) in [6, 6.07) is 2.72. The molecular formula is C22H31F3N2O2S. The SMILES string of the molecule is NS(=O)(=O)c1ccc(C(F)(F)F)cc1CC1CCC(/C=C/CN2CCCCC2)CC1. The molecule has 168 valence electrons. The monoisotopic (exact) mass is 444 g/mol. The summed E-state index contributed by atoms with van der Waals surface area (Å²) in [4.78, 5) is 2.27. The van der Waals surface area contributed by atoms with Gasteiger partial charge in [0.05, 0.1) is 10.5 Å². The number of nitrogens with zero attached hydrogens (tertiary/aromatic N) is 1. The molecule has 1 aromatic carbocycles. The lowest BCUT2D eigenvalue weighted by Crippen LogP contribution is -2.29. The molecule has 0 radical (unpaired) electrons. The molecular weight excluding hydrogens is 413 g/mol. The number of hydrogen-bond donors (Lipinski definition) is 1. The standard InChI is InChI=1S/C22H31F3N2O2S/c23-22(24,25)20-10-11-21(30(26,28)29)19(16-20)15-18-8-6-17(7-9-18)5-4-14-27-12-2-1-3-13-27/h4-5,10-11,16-18H,1-3,6-9,12-15H2,(H2,26,28,29)/b5-4+. The molecule has 0 bridgehead atoms. The van der Waals surface area contributed by atoms with Crippen molar-refractivity contribution in [2.24, 2.45) is 17.0 Å². The maximum absolute atomic E-state index is 13.1. The van der Waals surface area contributed by atoms with Crippen molar-refractivity contribution in [3.63, 3.8) is 0 Å². The largest absolute Gasteiger partial charge is 0.416 e. The van der Waals surface area contributed by atoms with Crippen LogP contribution < -0.4 is 5.14 Å². The van der Waals surface area contributed by atoms with Gasteiger partial charge in [0.15, 0.2) is 0 Å². The van der Waals surface area contributed by atoms with Crippen molar-refractivity contribution in [2.45, 2.75) is 62.4 Å². The van der Waals surface area contributed by atoms with Crippen molar-refractivity contribution < 1.29 is 21.6 Å². The second-order valence-corrected chi connectivity index (χ2v) is 10.2. The summed E-state index contributed by atoms with van der Waals surface area (Å²) in [5.41, 5.74) is -0.657. The Bertz CT molecular complexity index is 838. The molecule has 8 heteroatoms. The highest BCUT2D eigenvalue weighted by molar-refractivity contribution is 7.89. The smallest absolute Gasteiger partial charge is 0.300 e. The quantitative estimate of drug-likeness (QED) is 0.645. The Hall–Kier alpha value is -1.38. The Morgan fingerprint density at radius 2 is 1.73 bits per heavy atom. The molecule has 1 saturated heterocycles. The average Bonchev–Trinajstić information content (AvgIpc) is 2.68. The summed E-state index contributed by atoms with van der Waals surface area (Å²) in [5.74, 6) is 0.658. The third-order valence-electron chi connectivity index (χ3n) is 6.31. The lowest BCUT2D eigenvalue weighted by atomic mass is 9.79. The zero-order valence-electron chi connectivity index (χ0n) is 17.2. The van der Waals surface area contributed by atoms with Gasteiger partial charge in [-0.3, -0.25) is 4.90 Å². The molecule has 0 unspecified atom stereocenters. The summed E-state index contributed by atoms with van der Waals surface area (Å²) in [6.45, 7) is 3.32. The maximum atomic E-state index is 13.1. The first-order chi connectivity index (χ1) is 14.1. The molecule has 1 aliphatic carbocycles. The van der Waals surface area contributed by atoms with Gasteiger partial charge in [0.1, 0.15) is 0 Å². The van der Waals surface area contributed by atoms with Crippen LogP contribution in [-0.4, -0.2) is 33.0 Å². The van der Waals surface area contributed by atoms with Gasteiger partial charge < -0.3 is 0 Å². The summed E-state index contributed by atoms with van der Waals surface area (Å²) >= 11 is 0. The van der Waals surface area contributed by atoms with Crippen molar-refractivity contribution in [2.75, 3.05) is 19.6 Å². The van der Waals surface area contributed by atoms with Gasteiger partial charge in [0.25, 0.3) is 0 Å². The fourth-order valence-corrected chi connectivity index (χ4v) is 5.40. The summed E-state index contributed by atoms with van der Waals surface area (Å²) in [7, 11) is -4.06. The molecule has 1 aromatic rings. The fourth-order valence-electron chi connectivity index (χ4n) is 4.63. The predicted octanol–water partition coefficient (Wildman–Crippen LogP) is 4.74. The van der Waals surface area contributed by atoms with Crippen molar-refractivity contribution in [3.05, 3.63) is 41.5 Å². The fraction of sp³-hybridized carbons (Fsp3) is 0.636. The molecule has 2 N–H and O–H groups in total. The van der Waals surface area contributed by atoms with Crippen LogP contribution in [0, 0.1) is 11.8 Å². The van der Waals surface area contributed by atoms with Crippen LogP contribution in [0.3, 0.4) is 0 Å². The molecule has 0 spiro atoms. The molecule has 1 aliphatic heterocycles. The van der Waals surface area contributed by atoms with E-state index in [0.29, 0.717) is 12.3 Å². The van der Waals surface area contributed by atoms with Crippen molar-refractivity contribution in [3.8, 4) is 0 Å². The third-order valence-corrected chi connectivity index (χ3v) is 7.33. The Labute approximate surface area is 177 Å². The minimum absolute atomic E-state index is 0.167. The molecule has 30 heavy (non-hydrogen) atoms. The first-order valence-corrected chi connectivity index (χ1v) is 12.3. The van der Waals surface area contributed by atoms with Crippen molar-refractivity contribution >= 4 is 10.0 Å². The number of piperidine rings is 1. The predicted molar refractivity (Wildman–Crippen MR) is 111 cm³/mol. The van der Waals surface area contributed by atoms with E-state index in [1.807, 2.05) is 0 Å². The van der Waals surface area contributed by atoms with E-state index in [9.17, 15) is 21.6 Å². The lowest BCUT2D eigenvalue weighted by Gasteiger charge is -2.28. The Morgan fingerprint density at radius 3 is 2.33 bits per heavy atom. The van der Waals surface area contributed by atoms with Crippen LogP contribution in [-0.2, 0) is 22.6 Å². The second kappa shape index (κ2) is 9.83. The van der Waals surface area contributed by atoms with Crippen LogP contribution in [0.25, 0.3) is 0 Å². The number of halogens is 3. The van der Waals surface area contributed by atoms with Gasteiger partial charge in [-0.25, -0.2) is 13.6 Å². The molecule has 2 fully saturated rings. The number of allylic oxidation sites excluding steroid dienone is 1. The van der Waals surface area contributed by atoms with Crippen LogP contribution in [0.4, 0.5) is 13.2 Å². The first kappa shape index (κ1) is 23.3. The Morgan fingerprint density at radius 1 is 1.07 bits per heavy atom. The van der Waals surface area contributed by atoms with Gasteiger partial charge in [0.2, 0.25) is 10.0 Å². The number of hydrogen-bond acceptors (Lipinski definition) is 3. The minimum atomic E-state index is -4.51. The topological polar surface area (TPSA) is 63.4 Å². The Balaban J connectivity index is 1.58. The second-order valence-electron chi connectivity index (χ2n) is 8.64. The molecule has 1 heterocycles. The molecule has 0 aromatic heterocycles. The minimum Gasteiger partial charge on any atom is -0.300 e. The van der Waals surface area contributed by atoms with Crippen LogP contribution >= 0.6 is 0 Å². The highest BCUT2D eigenvalue weighted by Gasteiger charge is 2.32. The molecule has 0 atom stereocenters. The number of sulfonamides is 1. The Kier molecular flexibility index (Phi) is 7.63. The number of benzene rings is 1. The van der Waals surface area contributed by atoms with E-state index in [4.69, 9.17) is 5.14 Å². The van der Waals surface area contributed by atoms with E-state index in [-0.39, 0.29) is 16.4 Å². The molecule has 2 aliphatic rings. The van der Waals surface area contributed by atoms with Crippen LogP contribution in [0.2, 0.25) is 0 Å². The number of nitrogens with two attached hydrogens (primary N) is 1. The van der Waals surface area contributed by atoms with Crippen molar-refractivity contribution in [1.29, 1.82) is 0 Å². The highest BCUT2D eigenvalue weighted by atomic mass is 32.2. The van der Waals surface area contributed by atoms with Crippen LogP contribution in [0.1, 0.15) is 56.1 Å². The van der Waals surface area contributed by atoms with Gasteiger partial charge in [-0.2, -0.15) is 13.2 Å².